The highest BCUT2D eigenvalue weighted by molar-refractivity contribution is 7.09. The maximum atomic E-state index is 12.0. The van der Waals surface area contributed by atoms with Crippen LogP contribution in [0, 0.1) is 0 Å². The first kappa shape index (κ1) is 14.7. The lowest BCUT2D eigenvalue weighted by molar-refractivity contribution is 0.0434. The molecule has 1 aliphatic rings. The van der Waals surface area contributed by atoms with Crippen LogP contribution in [0.25, 0.3) is 0 Å². The quantitative estimate of drug-likeness (QED) is 0.870. The van der Waals surface area contributed by atoms with Crippen molar-refractivity contribution in [1.82, 2.24) is 15.2 Å². The molecule has 0 aliphatic carbocycles. The summed E-state index contributed by atoms with van der Waals surface area (Å²) >= 11 is 1.22. The fourth-order valence-electron chi connectivity index (χ4n) is 2.07. The Hall–Kier alpha value is -1.67. The molecule has 1 atom stereocenters. The standard InChI is InChI=1S/C12H17N3O4S/c1-19-8-3-2-4-15(6-8)12(18)13-5-10-14-9(7-20-10)11(16)17/h7-8H,2-6H2,1H3,(H,13,18)(H,16,17). The molecule has 0 spiro atoms. The second-order valence-electron chi connectivity index (χ2n) is 4.54. The molecule has 2 heterocycles. The van der Waals surface area contributed by atoms with Crippen LogP contribution in [0.5, 0.6) is 0 Å². The normalized spacial score (nSPS) is 18.9. The number of amides is 2. The van der Waals surface area contributed by atoms with Crippen molar-refractivity contribution in [2.24, 2.45) is 0 Å². The smallest absolute Gasteiger partial charge is 0.355 e. The van der Waals surface area contributed by atoms with Crippen molar-refractivity contribution in [3.05, 3.63) is 16.1 Å². The number of aromatic carboxylic acids is 1. The lowest BCUT2D eigenvalue weighted by atomic mass is 10.1. The average molecular weight is 299 g/mol. The van der Waals surface area contributed by atoms with Gasteiger partial charge in [0.05, 0.1) is 12.6 Å². The number of nitrogens with zero attached hydrogens (tertiary/aromatic N) is 2. The molecule has 1 aromatic rings. The topological polar surface area (TPSA) is 91.8 Å². The molecule has 2 N–H and O–H groups in total. The molecule has 7 nitrogen and oxygen atoms in total. The van der Waals surface area contributed by atoms with Gasteiger partial charge in [0, 0.05) is 25.6 Å². The molecule has 0 aromatic carbocycles. The Balaban J connectivity index is 1.83. The van der Waals surface area contributed by atoms with Gasteiger partial charge in [0.25, 0.3) is 0 Å². The summed E-state index contributed by atoms with van der Waals surface area (Å²) in [6.07, 6.45) is 1.98. The number of nitrogens with one attached hydrogen (secondary N) is 1. The Morgan fingerprint density at radius 1 is 1.65 bits per heavy atom. The van der Waals surface area contributed by atoms with Gasteiger partial charge in [-0.1, -0.05) is 0 Å². The third-order valence-corrected chi connectivity index (χ3v) is 4.01. The predicted octanol–water partition coefficient (Wildman–Crippen LogP) is 1.16. The van der Waals surface area contributed by atoms with Crippen LogP contribution in [-0.2, 0) is 11.3 Å². The molecule has 110 valence electrons. The lowest BCUT2D eigenvalue weighted by Crippen LogP contribution is -2.47. The van der Waals surface area contributed by atoms with Crippen LogP contribution >= 0.6 is 11.3 Å². The Morgan fingerprint density at radius 2 is 2.45 bits per heavy atom. The van der Waals surface area contributed by atoms with Crippen LogP contribution in [0.2, 0.25) is 0 Å². The molecule has 1 aromatic heterocycles. The summed E-state index contributed by atoms with van der Waals surface area (Å²) in [5, 5.41) is 13.6. The molecule has 2 amide bonds. The van der Waals surface area contributed by atoms with E-state index in [0.717, 1.165) is 12.8 Å². The summed E-state index contributed by atoms with van der Waals surface area (Å²) in [5.41, 5.74) is 0.0108. The van der Waals surface area contributed by atoms with Gasteiger partial charge < -0.3 is 20.1 Å². The largest absolute Gasteiger partial charge is 0.476 e. The summed E-state index contributed by atoms with van der Waals surface area (Å²) in [7, 11) is 1.65. The number of piperidine rings is 1. The fraction of sp³-hybridized carbons (Fsp3) is 0.583. The number of hydrogen-bond acceptors (Lipinski definition) is 5. The lowest BCUT2D eigenvalue weighted by Gasteiger charge is -2.31. The summed E-state index contributed by atoms with van der Waals surface area (Å²) in [6.45, 7) is 1.54. The third kappa shape index (κ3) is 3.67. The Bertz CT molecular complexity index is 491. The van der Waals surface area contributed by atoms with Gasteiger partial charge in [0.2, 0.25) is 0 Å². The van der Waals surface area contributed by atoms with E-state index >= 15 is 0 Å². The summed E-state index contributed by atoms with van der Waals surface area (Å²) < 4.78 is 5.27. The second-order valence-corrected chi connectivity index (χ2v) is 5.48. The van der Waals surface area contributed by atoms with Crippen LogP contribution in [-0.4, -0.2) is 53.3 Å². The molecular formula is C12H17N3O4S. The van der Waals surface area contributed by atoms with E-state index in [4.69, 9.17) is 9.84 Å². The van der Waals surface area contributed by atoms with E-state index in [-0.39, 0.29) is 24.4 Å². The number of thiazole rings is 1. The number of ether oxygens (including phenoxy) is 1. The second kappa shape index (κ2) is 6.67. The minimum atomic E-state index is -1.06. The van der Waals surface area contributed by atoms with Crippen molar-refractivity contribution in [3.63, 3.8) is 0 Å². The maximum Gasteiger partial charge on any atom is 0.355 e. The van der Waals surface area contributed by atoms with E-state index in [0.29, 0.717) is 18.1 Å². The van der Waals surface area contributed by atoms with E-state index < -0.39 is 5.97 Å². The van der Waals surface area contributed by atoms with E-state index in [1.165, 1.54) is 16.7 Å². The van der Waals surface area contributed by atoms with Crippen LogP contribution in [0.3, 0.4) is 0 Å². The molecule has 20 heavy (non-hydrogen) atoms. The molecule has 8 heteroatoms. The number of rotatable bonds is 4. The van der Waals surface area contributed by atoms with Crippen molar-refractivity contribution >= 4 is 23.3 Å². The number of carboxylic acid groups (broad SMARTS) is 1. The highest BCUT2D eigenvalue weighted by Crippen LogP contribution is 2.13. The first-order chi connectivity index (χ1) is 9.60. The highest BCUT2D eigenvalue weighted by Gasteiger charge is 2.23. The van der Waals surface area contributed by atoms with Gasteiger partial charge in [-0.2, -0.15) is 0 Å². The molecule has 1 saturated heterocycles. The molecule has 1 fully saturated rings. The molecule has 1 unspecified atom stereocenters. The number of carbonyl (C=O) groups is 2. The van der Waals surface area contributed by atoms with Crippen LogP contribution in [0.4, 0.5) is 4.79 Å². The van der Waals surface area contributed by atoms with Crippen molar-refractivity contribution < 1.29 is 19.4 Å². The Labute approximate surface area is 120 Å². The maximum absolute atomic E-state index is 12.0. The summed E-state index contributed by atoms with van der Waals surface area (Å²) in [5.74, 6) is -1.06. The monoisotopic (exact) mass is 299 g/mol. The van der Waals surface area contributed by atoms with E-state index in [1.807, 2.05) is 0 Å². The van der Waals surface area contributed by atoms with Gasteiger partial charge in [-0.25, -0.2) is 14.6 Å². The van der Waals surface area contributed by atoms with E-state index in [9.17, 15) is 9.59 Å². The zero-order valence-corrected chi connectivity index (χ0v) is 12.0. The fourth-order valence-corrected chi connectivity index (χ4v) is 2.78. The number of aromatic nitrogens is 1. The third-order valence-electron chi connectivity index (χ3n) is 3.16. The van der Waals surface area contributed by atoms with Crippen molar-refractivity contribution in [1.29, 1.82) is 0 Å². The summed E-state index contributed by atoms with van der Waals surface area (Å²) in [4.78, 5) is 28.3. The number of urea groups is 1. The van der Waals surface area contributed by atoms with Crippen LogP contribution < -0.4 is 5.32 Å². The number of carbonyl (C=O) groups excluding carboxylic acids is 1. The van der Waals surface area contributed by atoms with Crippen LogP contribution in [0.1, 0.15) is 28.3 Å². The molecule has 0 bridgehead atoms. The van der Waals surface area contributed by atoms with E-state index in [2.05, 4.69) is 10.3 Å². The van der Waals surface area contributed by atoms with Gasteiger partial charge in [-0.15, -0.1) is 11.3 Å². The first-order valence-corrected chi connectivity index (χ1v) is 7.21. The average Bonchev–Trinajstić information content (AvgIpc) is 2.94. The van der Waals surface area contributed by atoms with E-state index in [1.54, 1.807) is 12.0 Å². The molecular weight excluding hydrogens is 282 g/mol. The van der Waals surface area contributed by atoms with Gasteiger partial charge in [-0.3, -0.25) is 0 Å². The number of methoxy groups -OCH3 is 1. The first-order valence-electron chi connectivity index (χ1n) is 6.33. The molecule has 1 aliphatic heterocycles. The number of hydrogen-bond donors (Lipinski definition) is 2. The van der Waals surface area contributed by atoms with Gasteiger partial charge >= 0.3 is 12.0 Å². The Kier molecular flexibility index (Phi) is 4.91. The van der Waals surface area contributed by atoms with Crippen LogP contribution in [0.15, 0.2) is 5.38 Å². The Morgan fingerprint density at radius 3 is 3.10 bits per heavy atom. The van der Waals surface area contributed by atoms with Gasteiger partial charge in [0.1, 0.15) is 5.01 Å². The SMILES string of the molecule is COC1CCCN(C(=O)NCc2nc(C(=O)O)cs2)C1. The highest BCUT2D eigenvalue weighted by atomic mass is 32.1. The minimum absolute atomic E-state index is 0.0108. The molecule has 0 saturated carbocycles. The summed E-state index contributed by atoms with van der Waals surface area (Å²) in [6, 6.07) is -0.168. The van der Waals surface area contributed by atoms with Crippen molar-refractivity contribution in [3.8, 4) is 0 Å². The van der Waals surface area contributed by atoms with Gasteiger partial charge in [0.15, 0.2) is 5.69 Å². The van der Waals surface area contributed by atoms with Crippen molar-refractivity contribution in [2.75, 3.05) is 20.2 Å². The molecule has 0 radical (unpaired) electrons. The predicted molar refractivity (Wildman–Crippen MR) is 72.9 cm³/mol. The minimum Gasteiger partial charge on any atom is -0.476 e. The van der Waals surface area contributed by atoms with Gasteiger partial charge in [-0.05, 0) is 12.8 Å². The zero-order chi connectivity index (χ0) is 14.5. The number of carboxylic acids is 1. The zero-order valence-electron chi connectivity index (χ0n) is 11.2. The van der Waals surface area contributed by atoms with Crippen molar-refractivity contribution in [2.45, 2.75) is 25.5 Å². The number of likely N-dealkylation sites (tertiary alicyclic amines) is 1. The molecule has 2 rings (SSSR count).